The van der Waals surface area contributed by atoms with Crippen LogP contribution in [-0.4, -0.2) is 30.6 Å². The Morgan fingerprint density at radius 1 is 1.38 bits per heavy atom. The lowest BCUT2D eigenvalue weighted by Gasteiger charge is -2.09. The molecule has 0 saturated heterocycles. The average molecular weight is 287 g/mol. The fourth-order valence-electron chi connectivity index (χ4n) is 2.25. The number of benzene rings is 1. The highest BCUT2D eigenvalue weighted by Crippen LogP contribution is 2.27. The molecule has 1 saturated carbocycles. The second kappa shape index (κ2) is 5.47. The molecule has 6 nitrogen and oxygen atoms in total. The molecule has 1 aliphatic carbocycles. The number of urea groups is 1. The normalized spacial score (nSPS) is 14.0. The summed E-state index contributed by atoms with van der Waals surface area (Å²) in [6.07, 6.45) is 4.11. The van der Waals surface area contributed by atoms with Gasteiger partial charge >= 0.3 is 12.0 Å². The Bertz CT molecular complexity index is 689. The van der Waals surface area contributed by atoms with Crippen LogP contribution in [0.1, 0.15) is 23.2 Å². The topological polar surface area (TPSA) is 83.2 Å². The van der Waals surface area contributed by atoms with Gasteiger partial charge in [-0.05, 0) is 37.0 Å². The molecule has 0 radical (unpaired) electrons. The Morgan fingerprint density at radius 3 is 2.90 bits per heavy atom. The Hall–Kier alpha value is -2.50. The van der Waals surface area contributed by atoms with Gasteiger partial charge in [-0.2, -0.15) is 0 Å². The van der Waals surface area contributed by atoms with E-state index in [0.717, 1.165) is 10.9 Å². The quantitative estimate of drug-likeness (QED) is 0.755. The van der Waals surface area contributed by atoms with Gasteiger partial charge in [0.25, 0.3) is 0 Å². The first kappa shape index (κ1) is 13.5. The molecule has 21 heavy (non-hydrogen) atoms. The maximum Gasteiger partial charge on any atom is 0.338 e. The van der Waals surface area contributed by atoms with E-state index >= 15 is 0 Å². The van der Waals surface area contributed by atoms with Gasteiger partial charge in [-0.15, -0.1) is 0 Å². The summed E-state index contributed by atoms with van der Waals surface area (Å²) in [5.74, 6) is 0.189. The third-order valence-corrected chi connectivity index (χ3v) is 3.58. The molecule has 0 aliphatic heterocycles. The maximum atomic E-state index is 11.8. The number of anilines is 1. The molecule has 3 rings (SSSR count). The average Bonchev–Trinajstić information content (AvgIpc) is 3.20. The number of carbonyl (C=O) groups excluding carboxylic acids is 2. The fraction of sp³-hybridized carbons (Fsp3) is 0.333. The monoisotopic (exact) mass is 287 g/mol. The Kier molecular flexibility index (Phi) is 3.51. The van der Waals surface area contributed by atoms with Crippen LogP contribution in [0.15, 0.2) is 24.4 Å². The zero-order valence-corrected chi connectivity index (χ0v) is 11.7. The summed E-state index contributed by atoms with van der Waals surface area (Å²) in [4.78, 5) is 26.7. The molecule has 1 heterocycles. The molecule has 0 spiro atoms. The lowest BCUT2D eigenvalue weighted by Crippen LogP contribution is -2.30. The van der Waals surface area contributed by atoms with Crippen LogP contribution in [0.4, 0.5) is 10.5 Å². The van der Waals surface area contributed by atoms with Crippen LogP contribution in [0.25, 0.3) is 10.9 Å². The minimum absolute atomic E-state index is 0.261. The molecule has 2 amide bonds. The Balaban J connectivity index is 1.80. The first-order chi connectivity index (χ1) is 10.2. The van der Waals surface area contributed by atoms with E-state index in [-0.39, 0.29) is 6.03 Å². The highest BCUT2D eigenvalue weighted by Gasteiger charge is 2.21. The van der Waals surface area contributed by atoms with Crippen LogP contribution >= 0.6 is 0 Å². The highest BCUT2D eigenvalue weighted by atomic mass is 16.5. The Morgan fingerprint density at radius 2 is 2.19 bits per heavy atom. The number of amides is 2. The van der Waals surface area contributed by atoms with E-state index in [9.17, 15) is 9.59 Å². The molecule has 1 fully saturated rings. The summed E-state index contributed by atoms with van der Waals surface area (Å²) >= 11 is 0. The standard InChI is InChI=1S/C15H17N3O3/c1-21-14(19)12-6-10(7-13-11(12)4-5-16-13)18-15(20)17-8-9-2-3-9/h4-7,9,16H,2-3,8H2,1H3,(H2,17,18,20). The fourth-order valence-corrected chi connectivity index (χ4v) is 2.25. The van der Waals surface area contributed by atoms with Crippen molar-refractivity contribution in [3.05, 3.63) is 30.0 Å². The van der Waals surface area contributed by atoms with E-state index in [4.69, 9.17) is 4.74 Å². The molecule has 110 valence electrons. The van der Waals surface area contributed by atoms with E-state index in [1.807, 2.05) is 0 Å². The van der Waals surface area contributed by atoms with Gasteiger partial charge in [0.05, 0.1) is 12.7 Å². The predicted molar refractivity (Wildman–Crippen MR) is 79.4 cm³/mol. The van der Waals surface area contributed by atoms with Gasteiger partial charge in [0.1, 0.15) is 0 Å². The van der Waals surface area contributed by atoms with Crippen molar-refractivity contribution in [3.8, 4) is 0 Å². The van der Waals surface area contributed by atoms with Gasteiger partial charge in [0.2, 0.25) is 0 Å². The highest BCUT2D eigenvalue weighted by molar-refractivity contribution is 6.06. The van der Waals surface area contributed by atoms with Crippen molar-refractivity contribution in [2.75, 3.05) is 19.0 Å². The lowest BCUT2D eigenvalue weighted by molar-refractivity contribution is 0.0603. The van der Waals surface area contributed by atoms with E-state index in [0.29, 0.717) is 23.7 Å². The zero-order chi connectivity index (χ0) is 14.8. The molecular formula is C15H17N3O3. The molecule has 0 atom stereocenters. The van der Waals surface area contributed by atoms with Gasteiger partial charge in [0, 0.05) is 29.3 Å². The van der Waals surface area contributed by atoms with Crippen molar-refractivity contribution in [2.24, 2.45) is 5.92 Å². The molecule has 1 aliphatic rings. The van der Waals surface area contributed by atoms with Crippen molar-refractivity contribution in [1.82, 2.24) is 10.3 Å². The van der Waals surface area contributed by atoms with E-state index < -0.39 is 5.97 Å². The van der Waals surface area contributed by atoms with Crippen LogP contribution in [-0.2, 0) is 4.74 Å². The van der Waals surface area contributed by atoms with Crippen molar-refractivity contribution in [3.63, 3.8) is 0 Å². The van der Waals surface area contributed by atoms with E-state index in [1.54, 1.807) is 24.4 Å². The van der Waals surface area contributed by atoms with Crippen molar-refractivity contribution in [2.45, 2.75) is 12.8 Å². The number of esters is 1. The van der Waals surface area contributed by atoms with Crippen LogP contribution in [0.3, 0.4) is 0 Å². The summed E-state index contributed by atoms with van der Waals surface area (Å²) in [7, 11) is 1.34. The number of H-pyrrole nitrogens is 1. The SMILES string of the molecule is COC(=O)c1cc(NC(=O)NCC2CC2)cc2[nH]ccc12. The number of carbonyl (C=O) groups is 2. The van der Waals surface area contributed by atoms with Gasteiger partial charge in [0.15, 0.2) is 0 Å². The molecule has 2 aromatic rings. The van der Waals surface area contributed by atoms with Gasteiger partial charge in [-0.25, -0.2) is 9.59 Å². The number of nitrogens with one attached hydrogen (secondary N) is 3. The number of rotatable bonds is 4. The summed E-state index contributed by atoms with van der Waals surface area (Å²) < 4.78 is 4.78. The number of methoxy groups -OCH3 is 1. The van der Waals surface area contributed by atoms with E-state index in [2.05, 4.69) is 15.6 Å². The molecule has 1 aromatic heterocycles. The molecule has 0 unspecified atom stereocenters. The van der Waals surface area contributed by atoms with Crippen molar-refractivity contribution < 1.29 is 14.3 Å². The third kappa shape index (κ3) is 2.99. The van der Waals surface area contributed by atoms with Gasteiger partial charge < -0.3 is 20.4 Å². The van der Waals surface area contributed by atoms with Gasteiger partial charge in [-0.3, -0.25) is 0 Å². The smallest absolute Gasteiger partial charge is 0.338 e. The number of fused-ring (bicyclic) bond motifs is 1. The predicted octanol–water partition coefficient (Wildman–Crippen LogP) is 2.49. The van der Waals surface area contributed by atoms with Gasteiger partial charge in [-0.1, -0.05) is 0 Å². The van der Waals surface area contributed by atoms with Crippen molar-refractivity contribution >= 4 is 28.6 Å². The molecule has 0 bridgehead atoms. The molecule has 6 heteroatoms. The van der Waals surface area contributed by atoms with Crippen LogP contribution in [0, 0.1) is 5.92 Å². The zero-order valence-electron chi connectivity index (χ0n) is 11.7. The summed E-state index contributed by atoms with van der Waals surface area (Å²) in [6, 6.07) is 4.96. The van der Waals surface area contributed by atoms with Crippen molar-refractivity contribution in [1.29, 1.82) is 0 Å². The summed E-state index contributed by atoms with van der Waals surface area (Å²) in [6.45, 7) is 0.695. The lowest BCUT2D eigenvalue weighted by atomic mass is 10.1. The molecular weight excluding hydrogens is 270 g/mol. The summed E-state index contributed by atoms with van der Waals surface area (Å²) in [5, 5.41) is 6.34. The molecule has 1 aromatic carbocycles. The number of aromatic nitrogens is 1. The van der Waals surface area contributed by atoms with E-state index in [1.165, 1.54) is 20.0 Å². The van der Waals surface area contributed by atoms with Crippen LogP contribution in [0.5, 0.6) is 0 Å². The summed E-state index contributed by atoms with van der Waals surface area (Å²) in [5.41, 5.74) is 1.75. The largest absolute Gasteiger partial charge is 0.465 e. The molecule has 3 N–H and O–H groups in total. The number of hydrogen-bond donors (Lipinski definition) is 3. The minimum atomic E-state index is -0.429. The second-order valence-corrected chi connectivity index (χ2v) is 5.23. The number of ether oxygens (including phenoxy) is 1. The third-order valence-electron chi connectivity index (χ3n) is 3.58. The minimum Gasteiger partial charge on any atom is -0.465 e. The second-order valence-electron chi connectivity index (χ2n) is 5.23. The first-order valence-corrected chi connectivity index (χ1v) is 6.91. The Labute approximate surface area is 121 Å². The number of hydrogen-bond acceptors (Lipinski definition) is 3. The maximum absolute atomic E-state index is 11.8. The number of aromatic amines is 1. The first-order valence-electron chi connectivity index (χ1n) is 6.91. The van der Waals surface area contributed by atoms with Crippen LogP contribution < -0.4 is 10.6 Å². The van der Waals surface area contributed by atoms with Crippen LogP contribution in [0.2, 0.25) is 0 Å².